The van der Waals surface area contributed by atoms with Crippen molar-refractivity contribution >= 4 is 35.4 Å². The standard InChI is InChI=1S/C18H18N2O6S/c1-9(21)26-8-11-14(18(24)25)20-16(23)13(17(20)27-15(11)19)12(22)7-10-5-3-2-4-6-10/h2-6,13-14,17H,7-8,19H2,1H3,(H,24,25)/t13-,14?,17-/m1/s1. The van der Waals surface area contributed by atoms with E-state index < -0.39 is 35.2 Å². The van der Waals surface area contributed by atoms with Gasteiger partial charge in [-0.3, -0.25) is 14.4 Å². The maximum Gasteiger partial charge on any atom is 0.331 e. The second kappa shape index (κ2) is 7.43. The molecule has 3 rings (SSSR count). The topological polar surface area (TPSA) is 127 Å². The summed E-state index contributed by atoms with van der Waals surface area (Å²) in [6.45, 7) is 0.878. The van der Waals surface area contributed by atoms with Crippen molar-refractivity contribution in [1.29, 1.82) is 0 Å². The van der Waals surface area contributed by atoms with Crippen LogP contribution in [0.15, 0.2) is 40.9 Å². The summed E-state index contributed by atoms with van der Waals surface area (Å²) in [6, 6.07) is 7.67. The van der Waals surface area contributed by atoms with E-state index in [0.29, 0.717) is 0 Å². The summed E-state index contributed by atoms with van der Waals surface area (Å²) in [5, 5.41) is 9.06. The number of Topliss-reactive ketones (excluding diaryl/α,β-unsaturated/α-hetero) is 1. The van der Waals surface area contributed by atoms with Gasteiger partial charge in [0.2, 0.25) is 5.91 Å². The summed E-state index contributed by atoms with van der Waals surface area (Å²) in [5.41, 5.74) is 6.90. The van der Waals surface area contributed by atoms with Crippen LogP contribution in [0.25, 0.3) is 0 Å². The van der Waals surface area contributed by atoms with E-state index in [9.17, 15) is 24.3 Å². The largest absolute Gasteiger partial charge is 0.479 e. The first-order chi connectivity index (χ1) is 12.8. The fourth-order valence-electron chi connectivity index (χ4n) is 3.20. The van der Waals surface area contributed by atoms with Crippen LogP contribution in [0.1, 0.15) is 12.5 Å². The number of thioether (sulfide) groups is 1. The van der Waals surface area contributed by atoms with Crippen LogP contribution >= 0.6 is 11.8 Å². The van der Waals surface area contributed by atoms with Gasteiger partial charge in [-0.1, -0.05) is 42.1 Å². The van der Waals surface area contributed by atoms with Crippen molar-refractivity contribution in [3.8, 4) is 0 Å². The van der Waals surface area contributed by atoms with E-state index in [2.05, 4.69) is 0 Å². The smallest absolute Gasteiger partial charge is 0.331 e. The molecule has 2 aliphatic heterocycles. The van der Waals surface area contributed by atoms with Crippen molar-refractivity contribution in [3.05, 3.63) is 46.5 Å². The van der Waals surface area contributed by atoms with Gasteiger partial charge in [0.25, 0.3) is 0 Å². The Labute approximate surface area is 159 Å². The van der Waals surface area contributed by atoms with Crippen LogP contribution in [-0.4, -0.2) is 51.7 Å². The molecule has 1 aromatic carbocycles. The quantitative estimate of drug-likeness (QED) is 0.409. The number of rotatable bonds is 6. The third-order valence-corrected chi connectivity index (χ3v) is 5.74. The van der Waals surface area contributed by atoms with E-state index in [1.54, 1.807) is 24.3 Å². The number of carboxylic acid groups (broad SMARTS) is 1. The molecule has 3 atom stereocenters. The average molecular weight is 390 g/mol. The first-order valence-electron chi connectivity index (χ1n) is 8.21. The fourth-order valence-corrected chi connectivity index (χ4v) is 4.52. The van der Waals surface area contributed by atoms with Gasteiger partial charge in [0.05, 0.1) is 5.03 Å². The van der Waals surface area contributed by atoms with Gasteiger partial charge >= 0.3 is 11.9 Å². The molecule has 0 aromatic heterocycles. The van der Waals surface area contributed by atoms with Gasteiger partial charge in [-0.15, -0.1) is 0 Å². The van der Waals surface area contributed by atoms with Crippen molar-refractivity contribution in [2.24, 2.45) is 11.7 Å². The number of amides is 1. The summed E-state index contributed by atoms with van der Waals surface area (Å²) in [7, 11) is 0. The van der Waals surface area contributed by atoms with Crippen LogP contribution in [0, 0.1) is 5.92 Å². The van der Waals surface area contributed by atoms with Gasteiger partial charge in [0.15, 0.2) is 11.8 Å². The number of benzene rings is 1. The van der Waals surface area contributed by atoms with Crippen LogP contribution in [0.5, 0.6) is 0 Å². The highest BCUT2D eigenvalue weighted by molar-refractivity contribution is 8.03. The first-order valence-corrected chi connectivity index (χ1v) is 9.09. The minimum Gasteiger partial charge on any atom is -0.479 e. The zero-order valence-corrected chi connectivity index (χ0v) is 15.3. The Kier molecular flexibility index (Phi) is 5.22. The molecule has 9 heteroatoms. The third-order valence-electron chi connectivity index (χ3n) is 4.49. The minimum atomic E-state index is -1.34. The Bertz CT molecular complexity index is 838. The van der Waals surface area contributed by atoms with Gasteiger partial charge in [-0.05, 0) is 5.56 Å². The number of carbonyl (C=O) groups is 4. The van der Waals surface area contributed by atoms with Crippen molar-refractivity contribution in [2.45, 2.75) is 24.8 Å². The molecular weight excluding hydrogens is 372 g/mol. The van der Waals surface area contributed by atoms with E-state index in [0.717, 1.165) is 22.2 Å². The van der Waals surface area contributed by atoms with Crippen LogP contribution in [0.4, 0.5) is 0 Å². The van der Waals surface area contributed by atoms with Crippen LogP contribution in [0.3, 0.4) is 0 Å². The molecule has 27 heavy (non-hydrogen) atoms. The molecule has 142 valence electrons. The molecule has 1 fully saturated rings. The zero-order chi connectivity index (χ0) is 19.7. The predicted octanol–water partition coefficient (Wildman–Crippen LogP) is 0.516. The number of hydrogen-bond donors (Lipinski definition) is 2. The normalized spacial score (nSPS) is 24.1. The lowest BCUT2D eigenvalue weighted by atomic mass is 9.86. The number of ketones is 1. The number of β-lactam (4-membered cyclic amide) rings is 1. The average Bonchev–Trinajstić information content (AvgIpc) is 2.60. The van der Waals surface area contributed by atoms with Gasteiger partial charge in [0.1, 0.15) is 17.9 Å². The van der Waals surface area contributed by atoms with Gasteiger partial charge < -0.3 is 20.5 Å². The van der Waals surface area contributed by atoms with Crippen molar-refractivity contribution in [1.82, 2.24) is 4.90 Å². The molecule has 2 aliphatic rings. The Morgan fingerprint density at radius 1 is 1.26 bits per heavy atom. The Morgan fingerprint density at radius 3 is 2.52 bits per heavy atom. The Morgan fingerprint density at radius 2 is 1.93 bits per heavy atom. The zero-order valence-electron chi connectivity index (χ0n) is 14.5. The van der Waals surface area contributed by atoms with Crippen LogP contribution in [0.2, 0.25) is 0 Å². The van der Waals surface area contributed by atoms with E-state index in [1.165, 1.54) is 6.92 Å². The minimum absolute atomic E-state index is 0.0871. The molecule has 0 radical (unpaired) electrons. The van der Waals surface area contributed by atoms with Crippen molar-refractivity contribution in [3.63, 3.8) is 0 Å². The molecule has 1 aromatic rings. The lowest BCUT2D eigenvalue weighted by molar-refractivity contribution is -0.166. The monoisotopic (exact) mass is 390 g/mol. The van der Waals surface area contributed by atoms with Crippen LogP contribution < -0.4 is 5.73 Å². The predicted molar refractivity (Wildman–Crippen MR) is 96.1 cm³/mol. The number of carbonyl (C=O) groups excluding carboxylic acids is 3. The number of fused-ring (bicyclic) bond motifs is 1. The maximum absolute atomic E-state index is 12.6. The van der Waals surface area contributed by atoms with Crippen molar-refractivity contribution < 1.29 is 29.0 Å². The SMILES string of the molecule is CC(=O)OCC1=C(N)S[C@@H]2[C@H](C(=O)Cc3ccccc3)C(=O)N2C1C(=O)O. The summed E-state index contributed by atoms with van der Waals surface area (Å²) in [6.07, 6.45) is 0.0871. The number of ether oxygens (including phenoxy) is 1. The molecule has 1 unspecified atom stereocenters. The van der Waals surface area contributed by atoms with Gasteiger partial charge in [-0.25, -0.2) is 4.79 Å². The maximum atomic E-state index is 12.6. The molecule has 0 bridgehead atoms. The van der Waals surface area contributed by atoms with Gasteiger partial charge in [0, 0.05) is 18.9 Å². The number of esters is 1. The third kappa shape index (κ3) is 3.55. The molecule has 1 saturated heterocycles. The molecule has 1 amide bonds. The number of nitrogens with zero attached hydrogens (tertiary/aromatic N) is 1. The van der Waals surface area contributed by atoms with E-state index in [-0.39, 0.29) is 29.4 Å². The molecule has 0 spiro atoms. The van der Waals surface area contributed by atoms with E-state index >= 15 is 0 Å². The Balaban J connectivity index is 1.81. The highest BCUT2D eigenvalue weighted by Gasteiger charge is 2.59. The summed E-state index contributed by atoms with van der Waals surface area (Å²) in [5.74, 6) is -3.63. The van der Waals surface area contributed by atoms with E-state index in [4.69, 9.17) is 10.5 Å². The summed E-state index contributed by atoms with van der Waals surface area (Å²) >= 11 is 1.05. The number of nitrogens with two attached hydrogens (primary N) is 1. The number of carboxylic acids is 1. The van der Waals surface area contributed by atoms with Crippen LogP contribution in [-0.2, 0) is 30.3 Å². The highest BCUT2D eigenvalue weighted by Crippen LogP contribution is 2.46. The van der Waals surface area contributed by atoms with Crippen molar-refractivity contribution in [2.75, 3.05) is 6.61 Å². The summed E-state index contributed by atoms with van der Waals surface area (Å²) < 4.78 is 4.87. The fraction of sp³-hybridized carbons (Fsp3) is 0.333. The number of aliphatic carboxylic acids is 1. The lowest BCUT2D eigenvalue weighted by Gasteiger charge is -2.51. The molecule has 3 N–H and O–H groups in total. The molecule has 2 heterocycles. The first kappa shape index (κ1) is 19.0. The lowest BCUT2D eigenvalue weighted by Crippen LogP contribution is -2.69. The molecule has 0 aliphatic carbocycles. The highest BCUT2D eigenvalue weighted by atomic mass is 32.2. The van der Waals surface area contributed by atoms with Gasteiger partial charge in [-0.2, -0.15) is 0 Å². The Hall–Kier alpha value is -2.81. The second-order valence-electron chi connectivity index (χ2n) is 6.27. The molecule has 8 nitrogen and oxygen atoms in total. The molecule has 0 saturated carbocycles. The second-order valence-corrected chi connectivity index (χ2v) is 7.43. The van der Waals surface area contributed by atoms with E-state index in [1.807, 2.05) is 6.07 Å². The molecular formula is C18H18N2O6S. The number of hydrogen-bond acceptors (Lipinski definition) is 7. The summed E-state index contributed by atoms with van der Waals surface area (Å²) in [4.78, 5) is 49.1.